The van der Waals surface area contributed by atoms with Crippen molar-refractivity contribution in [3.63, 3.8) is 0 Å². The lowest BCUT2D eigenvalue weighted by molar-refractivity contribution is 0.104. The van der Waals surface area contributed by atoms with Gasteiger partial charge in [0.1, 0.15) is 0 Å². The fourth-order valence-electron chi connectivity index (χ4n) is 5.54. The van der Waals surface area contributed by atoms with Gasteiger partial charge in [-0.1, -0.05) is 56.2 Å². The van der Waals surface area contributed by atoms with Gasteiger partial charge in [0, 0.05) is 17.4 Å². The standard InChI is InChI=1S/C26H35NOS/c1-17(2)21-10-12-26(4)13-11-22-23(25(21)26)9-8-19(15-24(22)28)16-27-29-20-7-5-6-18(3)14-20/h5-9,14,17,22,24,27-28H,10-13,15-16H2,1-4H3. The molecule has 1 aromatic carbocycles. The van der Waals surface area contributed by atoms with Crippen molar-refractivity contribution in [3.05, 3.63) is 64.3 Å². The lowest BCUT2D eigenvalue weighted by atomic mass is 9.64. The molecule has 0 heterocycles. The molecule has 0 bridgehead atoms. The van der Waals surface area contributed by atoms with Gasteiger partial charge in [0.15, 0.2) is 0 Å². The normalized spacial score (nSPS) is 29.3. The number of aliphatic hydroxyl groups is 1. The Balaban J connectivity index is 1.53. The van der Waals surface area contributed by atoms with Gasteiger partial charge in [-0.2, -0.15) is 0 Å². The van der Waals surface area contributed by atoms with Crippen LogP contribution in [-0.2, 0) is 0 Å². The molecule has 0 spiro atoms. The van der Waals surface area contributed by atoms with Crippen LogP contribution in [0.15, 0.2) is 63.6 Å². The zero-order chi connectivity index (χ0) is 20.6. The van der Waals surface area contributed by atoms with Gasteiger partial charge in [0.2, 0.25) is 0 Å². The highest BCUT2D eigenvalue weighted by molar-refractivity contribution is 7.97. The average Bonchev–Trinajstić information content (AvgIpc) is 2.95. The summed E-state index contributed by atoms with van der Waals surface area (Å²) in [5, 5.41) is 11.1. The topological polar surface area (TPSA) is 32.3 Å². The smallest absolute Gasteiger partial charge is 0.0646 e. The van der Waals surface area contributed by atoms with E-state index in [0.717, 1.165) is 19.4 Å². The van der Waals surface area contributed by atoms with Crippen molar-refractivity contribution < 1.29 is 5.11 Å². The molecule has 1 aromatic rings. The summed E-state index contributed by atoms with van der Waals surface area (Å²) >= 11 is 1.68. The Kier molecular flexibility index (Phi) is 6.11. The van der Waals surface area contributed by atoms with Gasteiger partial charge in [-0.3, -0.25) is 4.72 Å². The van der Waals surface area contributed by atoms with Crippen LogP contribution in [0, 0.1) is 24.2 Å². The van der Waals surface area contributed by atoms with E-state index in [9.17, 15) is 5.11 Å². The Labute approximate surface area is 180 Å². The van der Waals surface area contributed by atoms with Crippen molar-refractivity contribution >= 4 is 11.9 Å². The lowest BCUT2D eigenvalue weighted by Gasteiger charge is -2.41. The van der Waals surface area contributed by atoms with Crippen LogP contribution >= 0.6 is 11.9 Å². The zero-order valence-corrected chi connectivity index (χ0v) is 19.1. The molecular weight excluding hydrogens is 374 g/mol. The van der Waals surface area contributed by atoms with Gasteiger partial charge in [-0.25, -0.2) is 0 Å². The Morgan fingerprint density at radius 2 is 2.07 bits per heavy atom. The predicted octanol–water partition coefficient (Wildman–Crippen LogP) is 6.37. The Bertz CT molecular complexity index is 865. The van der Waals surface area contributed by atoms with E-state index in [1.165, 1.54) is 40.9 Å². The van der Waals surface area contributed by atoms with Crippen molar-refractivity contribution in [2.24, 2.45) is 17.3 Å². The molecule has 2 nitrogen and oxygen atoms in total. The number of fused-ring (bicyclic) bond motifs is 3. The Morgan fingerprint density at radius 1 is 1.24 bits per heavy atom. The van der Waals surface area contributed by atoms with Crippen LogP contribution in [0.4, 0.5) is 0 Å². The van der Waals surface area contributed by atoms with Gasteiger partial charge in [-0.15, -0.1) is 0 Å². The molecule has 0 amide bonds. The van der Waals surface area contributed by atoms with Crippen LogP contribution in [-0.4, -0.2) is 17.8 Å². The number of aliphatic hydroxyl groups excluding tert-OH is 1. The van der Waals surface area contributed by atoms with Crippen LogP contribution in [0.1, 0.15) is 58.4 Å². The lowest BCUT2D eigenvalue weighted by Crippen LogP contribution is -2.33. The summed E-state index contributed by atoms with van der Waals surface area (Å²) in [5.41, 5.74) is 7.57. The van der Waals surface area contributed by atoms with Gasteiger partial charge in [-0.05, 0) is 91.2 Å². The quantitative estimate of drug-likeness (QED) is 0.554. The molecule has 0 radical (unpaired) electrons. The summed E-state index contributed by atoms with van der Waals surface area (Å²) in [6, 6.07) is 8.56. The highest BCUT2D eigenvalue weighted by Gasteiger charge is 2.45. The SMILES string of the molecule is Cc1cccc(SNCC2=CC=C3C4=C(C(C)C)CCC4(C)CCC3C(O)C2)c1. The summed E-state index contributed by atoms with van der Waals surface area (Å²) in [4.78, 5) is 1.24. The monoisotopic (exact) mass is 409 g/mol. The second-order valence-electron chi connectivity index (χ2n) is 9.72. The zero-order valence-electron chi connectivity index (χ0n) is 18.3. The highest BCUT2D eigenvalue weighted by Crippen LogP contribution is 2.57. The van der Waals surface area contributed by atoms with Gasteiger partial charge < -0.3 is 5.11 Å². The fourth-order valence-corrected chi connectivity index (χ4v) is 6.36. The molecule has 2 N–H and O–H groups in total. The van der Waals surface area contributed by atoms with Crippen molar-refractivity contribution in [1.29, 1.82) is 0 Å². The van der Waals surface area contributed by atoms with E-state index >= 15 is 0 Å². The first-order chi connectivity index (χ1) is 13.9. The molecule has 29 heavy (non-hydrogen) atoms. The van der Waals surface area contributed by atoms with E-state index in [-0.39, 0.29) is 6.10 Å². The van der Waals surface area contributed by atoms with E-state index in [4.69, 9.17) is 0 Å². The summed E-state index contributed by atoms with van der Waals surface area (Å²) in [6.45, 7) is 10.0. The van der Waals surface area contributed by atoms with E-state index in [1.54, 1.807) is 23.1 Å². The maximum absolute atomic E-state index is 11.1. The molecule has 3 unspecified atom stereocenters. The molecule has 3 aliphatic rings. The van der Waals surface area contributed by atoms with Crippen LogP contribution < -0.4 is 4.72 Å². The maximum Gasteiger partial charge on any atom is 0.0646 e. The van der Waals surface area contributed by atoms with Crippen LogP contribution in [0.3, 0.4) is 0 Å². The first-order valence-electron chi connectivity index (χ1n) is 11.2. The third-order valence-corrected chi connectivity index (χ3v) is 7.95. The number of hydrogen-bond donors (Lipinski definition) is 2. The fraction of sp³-hybridized carbons (Fsp3) is 0.538. The molecule has 156 valence electrons. The van der Waals surface area contributed by atoms with E-state index < -0.39 is 0 Å². The molecule has 0 aliphatic heterocycles. The Morgan fingerprint density at radius 3 is 2.83 bits per heavy atom. The number of allylic oxidation sites excluding steroid dienone is 4. The first-order valence-corrected chi connectivity index (χ1v) is 12.0. The largest absolute Gasteiger partial charge is 0.392 e. The van der Waals surface area contributed by atoms with Crippen LogP contribution in [0.25, 0.3) is 0 Å². The molecule has 3 heteroatoms. The van der Waals surface area contributed by atoms with E-state index in [0.29, 0.717) is 17.3 Å². The highest BCUT2D eigenvalue weighted by atomic mass is 32.2. The molecule has 1 saturated carbocycles. The first kappa shape index (κ1) is 21.0. The Hall–Kier alpha value is -1.29. The second-order valence-corrected chi connectivity index (χ2v) is 10.7. The van der Waals surface area contributed by atoms with E-state index in [1.807, 2.05) is 0 Å². The summed E-state index contributed by atoms with van der Waals surface area (Å²) in [5.74, 6) is 0.894. The number of rotatable bonds is 5. The van der Waals surface area contributed by atoms with Crippen molar-refractivity contribution in [3.8, 4) is 0 Å². The number of nitrogens with one attached hydrogen (secondary N) is 1. The van der Waals surface area contributed by atoms with Crippen LogP contribution in [0.5, 0.6) is 0 Å². The van der Waals surface area contributed by atoms with Gasteiger partial charge in [0.05, 0.1) is 6.10 Å². The minimum atomic E-state index is -0.271. The predicted molar refractivity (Wildman–Crippen MR) is 124 cm³/mol. The summed E-state index contributed by atoms with van der Waals surface area (Å²) in [7, 11) is 0. The molecule has 0 saturated heterocycles. The minimum absolute atomic E-state index is 0.271. The summed E-state index contributed by atoms with van der Waals surface area (Å²) in [6.07, 6.45) is 9.99. The van der Waals surface area contributed by atoms with Gasteiger partial charge in [0.25, 0.3) is 0 Å². The van der Waals surface area contributed by atoms with Gasteiger partial charge >= 0.3 is 0 Å². The van der Waals surface area contributed by atoms with Crippen molar-refractivity contribution in [1.82, 2.24) is 4.72 Å². The molecule has 3 atom stereocenters. The van der Waals surface area contributed by atoms with Crippen molar-refractivity contribution in [2.45, 2.75) is 70.8 Å². The number of hydrogen-bond acceptors (Lipinski definition) is 3. The van der Waals surface area contributed by atoms with E-state index in [2.05, 4.69) is 68.8 Å². The average molecular weight is 410 g/mol. The summed E-state index contributed by atoms with van der Waals surface area (Å²) < 4.78 is 3.51. The molecule has 0 aromatic heterocycles. The van der Waals surface area contributed by atoms with Crippen LogP contribution in [0.2, 0.25) is 0 Å². The molecule has 1 fully saturated rings. The minimum Gasteiger partial charge on any atom is -0.392 e. The number of benzene rings is 1. The number of aryl methyl sites for hydroxylation is 1. The second kappa shape index (κ2) is 8.45. The maximum atomic E-state index is 11.1. The molecule has 3 aliphatic carbocycles. The molecular formula is C26H35NOS. The van der Waals surface area contributed by atoms with Crippen molar-refractivity contribution in [2.75, 3.05) is 6.54 Å². The molecule has 4 rings (SSSR count). The third-order valence-electron chi connectivity index (χ3n) is 7.18. The third kappa shape index (κ3) is 4.28.